The molecule has 0 saturated heterocycles. The van der Waals surface area contributed by atoms with E-state index in [1.165, 1.54) is 6.20 Å². The van der Waals surface area contributed by atoms with Crippen molar-refractivity contribution in [1.82, 2.24) is 4.98 Å². The summed E-state index contributed by atoms with van der Waals surface area (Å²) in [6.07, 6.45) is 3.53. The molecule has 2 N–H and O–H groups in total. The Hall–Kier alpha value is -2.17. The highest BCUT2D eigenvalue weighted by molar-refractivity contribution is 6.07. The summed E-state index contributed by atoms with van der Waals surface area (Å²) in [5.41, 5.74) is 1.02. The molecule has 1 aromatic heterocycles. The van der Waals surface area contributed by atoms with Gasteiger partial charge >= 0.3 is 5.97 Å². The van der Waals surface area contributed by atoms with Gasteiger partial charge in [0.25, 0.3) is 0 Å². The van der Waals surface area contributed by atoms with Crippen molar-refractivity contribution in [3.05, 3.63) is 41.4 Å². The molecule has 0 aliphatic rings. The summed E-state index contributed by atoms with van der Waals surface area (Å²) < 4.78 is 0. The highest BCUT2D eigenvalue weighted by Gasteiger charge is 2.09. The number of nitrogens with zero attached hydrogens (tertiary/aromatic N) is 1. The fourth-order valence-electron chi connectivity index (χ4n) is 0.959. The third kappa shape index (κ3) is 2.91. The van der Waals surface area contributed by atoms with Crippen LogP contribution in [0.5, 0.6) is 0 Å². The van der Waals surface area contributed by atoms with Gasteiger partial charge < -0.3 is 10.2 Å². The van der Waals surface area contributed by atoms with Crippen LogP contribution >= 0.6 is 0 Å². The monoisotopic (exact) mass is 207 g/mol. The largest absolute Gasteiger partial charge is 0.502 e. The zero-order valence-corrected chi connectivity index (χ0v) is 7.97. The number of allylic oxidation sites excluding steroid dienone is 1. The second-order valence-corrected chi connectivity index (χ2v) is 2.95. The van der Waals surface area contributed by atoms with Gasteiger partial charge in [-0.3, -0.25) is 9.78 Å². The number of aliphatic hydroxyl groups excluding tert-OH is 1. The van der Waals surface area contributed by atoms with Gasteiger partial charge in [0.2, 0.25) is 5.76 Å². The van der Waals surface area contributed by atoms with Crippen LogP contribution in [0.2, 0.25) is 0 Å². The molecular weight excluding hydrogens is 198 g/mol. The second kappa shape index (κ2) is 4.36. The third-order valence-electron chi connectivity index (χ3n) is 1.65. The van der Waals surface area contributed by atoms with Crippen LogP contribution in [-0.4, -0.2) is 26.9 Å². The number of hydrogen-bond acceptors (Lipinski definition) is 4. The second-order valence-electron chi connectivity index (χ2n) is 2.95. The molecule has 0 bridgehead atoms. The first-order chi connectivity index (χ1) is 7.00. The molecule has 1 heterocycles. The number of hydrogen-bond donors (Lipinski definition) is 2. The maximum Gasteiger partial charge on any atom is 0.371 e. The van der Waals surface area contributed by atoms with E-state index in [-0.39, 0.29) is 5.56 Å². The first kappa shape index (κ1) is 10.9. The molecule has 0 aliphatic heterocycles. The Kier molecular flexibility index (Phi) is 3.17. The maximum atomic E-state index is 11.4. The number of carbonyl (C=O) groups excluding carboxylic acids is 1. The average molecular weight is 207 g/mol. The highest BCUT2D eigenvalue weighted by atomic mass is 16.4. The minimum absolute atomic E-state index is 0.239. The van der Waals surface area contributed by atoms with Crippen molar-refractivity contribution in [3.63, 3.8) is 0 Å². The highest BCUT2D eigenvalue weighted by Crippen LogP contribution is 2.04. The van der Waals surface area contributed by atoms with E-state index in [2.05, 4.69) is 4.98 Å². The van der Waals surface area contributed by atoms with Crippen LogP contribution in [0.4, 0.5) is 0 Å². The number of carbonyl (C=O) groups is 2. The summed E-state index contributed by atoms with van der Waals surface area (Å²) >= 11 is 0. The van der Waals surface area contributed by atoms with Crippen molar-refractivity contribution < 1.29 is 19.8 Å². The van der Waals surface area contributed by atoms with Crippen LogP contribution in [-0.2, 0) is 4.79 Å². The standard InChI is InChI=1S/C10H9NO4/c1-6-2-7(5-11-4-6)8(12)3-9(13)10(14)15/h2-5,13H,1H3,(H,14,15)/b9-3+. The number of ketones is 1. The zero-order chi connectivity index (χ0) is 11.4. The molecule has 0 spiro atoms. The summed E-state index contributed by atoms with van der Waals surface area (Å²) in [5, 5.41) is 17.2. The van der Waals surface area contributed by atoms with Gasteiger partial charge in [0, 0.05) is 24.0 Å². The average Bonchev–Trinajstić information content (AvgIpc) is 2.17. The van der Waals surface area contributed by atoms with Crippen LogP contribution in [0, 0.1) is 6.92 Å². The molecule has 0 aliphatic carbocycles. The van der Waals surface area contributed by atoms with Gasteiger partial charge in [0.15, 0.2) is 5.78 Å². The predicted octanol–water partition coefficient (Wildman–Crippen LogP) is 1.10. The van der Waals surface area contributed by atoms with Gasteiger partial charge in [-0.2, -0.15) is 0 Å². The molecule has 0 fully saturated rings. The van der Waals surface area contributed by atoms with E-state index >= 15 is 0 Å². The van der Waals surface area contributed by atoms with E-state index in [1.807, 2.05) is 0 Å². The number of carboxylic acid groups (broad SMARTS) is 1. The van der Waals surface area contributed by atoms with Crippen molar-refractivity contribution in [2.24, 2.45) is 0 Å². The quantitative estimate of drug-likeness (QED) is 0.440. The summed E-state index contributed by atoms with van der Waals surface area (Å²) in [6, 6.07) is 1.56. The SMILES string of the molecule is Cc1cncc(C(=O)/C=C(/O)C(=O)O)c1. The Labute approximate surface area is 85.7 Å². The third-order valence-corrected chi connectivity index (χ3v) is 1.65. The van der Waals surface area contributed by atoms with Gasteiger partial charge in [0.05, 0.1) is 0 Å². The first-order valence-corrected chi connectivity index (χ1v) is 4.10. The zero-order valence-electron chi connectivity index (χ0n) is 7.97. The van der Waals surface area contributed by atoms with E-state index < -0.39 is 17.5 Å². The molecule has 0 amide bonds. The molecule has 15 heavy (non-hydrogen) atoms. The number of pyridine rings is 1. The van der Waals surface area contributed by atoms with Crippen LogP contribution in [0.1, 0.15) is 15.9 Å². The van der Waals surface area contributed by atoms with Crippen LogP contribution in [0.15, 0.2) is 30.3 Å². The summed E-state index contributed by atoms with van der Waals surface area (Å²) in [7, 11) is 0. The molecule has 0 atom stereocenters. The number of aromatic nitrogens is 1. The molecule has 1 aromatic rings. The van der Waals surface area contributed by atoms with Crippen LogP contribution < -0.4 is 0 Å². The van der Waals surface area contributed by atoms with Gasteiger partial charge in [-0.25, -0.2) is 4.79 Å². The molecule has 5 nitrogen and oxygen atoms in total. The van der Waals surface area contributed by atoms with Crippen molar-refractivity contribution in [3.8, 4) is 0 Å². The Morgan fingerprint density at radius 3 is 2.53 bits per heavy atom. The summed E-state index contributed by atoms with van der Waals surface area (Å²) in [6.45, 7) is 1.75. The lowest BCUT2D eigenvalue weighted by Crippen LogP contribution is -2.04. The minimum Gasteiger partial charge on any atom is -0.502 e. The smallest absolute Gasteiger partial charge is 0.371 e. The summed E-state index contributed by atoms with van der Waals surface area (Å²) in [5.74, 6) is -3.11. The molecule has 0 radical (unpaired) electrons. The number of aliphatic hydroxyl groups is 1. The normalized spacial score (nSPS) is 11.1. The molecular formula is C10H9NO4. The molecule has 0 aromatic carbocycles. The van der Waals surface area contributed by atoms with Crippen molar-refractivity contribution in [1.29, 1.82) is 0 Å². The first-order valence-electron chi connectivity index (χ1n) is 4.10. The van der Waals surface area contributed by atoms with E-state index in [0.29, 0.717) is 6.08 Å². The molecule has 5 heteroatoms. The lowest BCUT2D eigenvalue weighted by molar-refractivity contribution is -0.135. The topological polar surface area (TPSA) is 87.5 Å². The molecule has 78 valence electrons. The number of carboxylic acids is 1. The minimum atomic E-state index is -1.54. The van der Waals surface area contributed by atoms with E-state index in [1.54, 1.807) is 19.2 Å². The van der Waals surface area contributed by atoms with E-state index in [0.717, 1.165) is 5.56 Å². The Balaban J connectivity index is 2.96. The van der Waals surface area contributed by atoms with Gasteiger partial charge in [-0.05, 0) is 18.6 Å². The van der Waals surface area contributed by atoms with E-state index in [9.17, 15) is 9.59 Å². The summed E-state index contributed by atoms with van der Waals surface area (Å²) in [4.78, 5) is 25.4. The van der Waals surface area contributed by atoms with Gasteiger partial charge in [0.1, 0.15) is 0 Å². The van der Waals surface area contributed by atoms with Crippen molar-refractivity contribution in [2.75, 3.05) is 0 Å². The number of rotatable bonds is 3. The predicted molar refractivity (Wildman–Crippen MR) is 51.7 cm³/mol. The Morgan fingerprint density at radius 2 is 2.00 bits per heavy atom. The van der Waals surface area contributed by atoms with Crippen LogP contribution in [0.3, 0.4) is 0 Å². The van der Waals surface area contributed by atoms with E-state index in [4.69, 9.17) is 10.2 Å². The lowest BCUT2D eigenvalue weighted by Gasteiger charge is -1.97. The van der Waals surface area contributed by atoms with Crippen molar-refractivity contribution >= 4 is 11.8 Å². The van der Waals surface area contributed by atoms with Gasteiger partial charge in [-0.15, -0.1) is 0 Å². The Bertz CT molecular complexity index is 437. The lowest BCUT2D eigenvalue weighted by atomic mass is 10.1. The van der Waals surface area contributed by atoms with Crippen LogP contribution in [0.25, 0.3) is 0 Å². The fraction of sp³-hybridized carbons (Fsp3) is 0.100. The number of aryl methyl sites for hydroxylation is 1. The fourth-order valence-corrected chi connectivity index (χ4v) is 0.959. The molecule has 0 saturated carbocycles. The molecule has 1 rings (SSSR count). The van der Waals surface area contributed by atoms with Gasteiger partial charge in [-0.1, -0.05) is 0 Å². The Morgan fingerprint density at radius 1 is 1.33 bits per heavy atom. The number of aliphatic carboxylic acids is 1. The molecule has 0 unspecified atom stereocenters. The van der Waals surface area contributed by atoms with Crippen molar-refractivity contribution in [2.45, 2.75) is 6.92 Å². The maximum absolute atomic E-state index is 11.4.